The zero-order valence-electron chi connectivity index (χ0n) is 16.3. The van der Waals surface area contributed by atoms with Gasteiger partial charge in [0.05, 0.1) is 16.3 Å². The third-order valence-electron chi connectivity index (χ3n) is 5.10. The number of pyridine rings is 1. The van der Waals surface area contributed by atoms with Crippen LogP contribution in [0.3, 0.4) is 0 Å². The summed E-state index contributed by atoms with van der Waals surface area (Å²) in [6.45, 7) is 1.49. The minimum Gasteiger partial charge on any atom is -0.345 e. The fourth-order valence-corrected chi connectivity index (χ4v) is 4.74. The molecule has 1 saturated heterocycles. The molecule has 3 heterocycles. The summed E-state index contributed by atoms with van der Waals surface area (Å²) in [5.74, 6) is -3.38. The molecule has 0 saturated carbocycles. The second-order valence-electron chi connectivity index (χ2n) is 7.17. The lowest BCUT2D eigenvalue weighted by Crippen LogP contribution is -2.48. The van der Waals surface area contributed by atoms with Crippen LogP contribution in [0.2, 0.25) is 5.02 Å². The van der Waals surface area contributed by atoms with Crippen molar-refractivity contribution >= 4 is 44.3 Å². The van der Waals surface area contributed by atoms with Crippen LogP contribution in [-0.4, -0.2) is 66.6 Å². The van der Waals surface area contributed by atoms with Gasteiger partial charge in [-0.1, -0.05) is 11.6 Å². The predicted octanol–water partition coefficient (Wildman–Crippen LogP) is 2.63. The molecule has 0 spiro atoms. The van der Waals surface area contributed by atoms with Crippen molar-refractivity contribution in [3.63, 3.8) is 0 Å². The second-order valence-corrected chi connectivity index (χ2v) is 9.28. The number of halogens is 3. The molecule has 1 aliphatic heterocycles. The summed E-state index contributed by atoms with van der Waals surface area (Å²) in [4.78, 5) is 21.7. The molecule has 0 aliphatic carbocycles. The van der Waals surface area contributed by atoms with E-state index >= 15 is 4.39 Å². The highest BCUT2D eigenvalue weighted by molar-refractivity contribution is 7.90. The molecule has 8 nitrogen and oxygen atoms in total. The van der Waals surface area contributed by atoms with Gasteiger partial charge >= 0.3 is 10.2 Å². The highest BCUT2D eigenvalue weighted by atomic mass is 35.5. The van der Waals surface area contributed by atoms with Crippen LogP contribution < -0.4 is 4.72 Å². The van der Waals surface area contributed by atoms with Gasteiger partial charge < -0.3 is 9.88 Å². The normalized spacial score (nSPS) is 16.0. The lowest BCUT2D eigenvalue weighted by molar-refractivity contribution is 0.103. The first-order valence-corrected chi connectivity index (χ1v) is 11.1. The van der Waals surface area contributed by atoms with Gasteiger partial charge in [0.25, 0.3) is 0 Å². The van der Waals surface area contributed by atoms with E-state index < -0.39 is 38.9 Å². The lowest BCUT2D eigenvalue weighted by Gasteiger charge is -2.31. The Balaban J connectivity index is 1.69. The standard InChI is InChI=1S/C19H18ClF2N5O3S/c1-26-4-6-27(7-5-26)31(29,30)25-15-3-2-14(21)16(17(15)22)18(28)13-10-24-19-12(13)8-11(20)9-23-19/h2-3,8-10,25H,4-7H2,1H3,(H,23,24). The van der Waals surface area contributed by atoms with Crippen molar-refractivity contribution in [1.82, 2.24) is 19.2 Å². The van der Waals surface area contributed by atoms with E-state index in [1.54, 1.807) is 0 Å². The number of hydrogen-bond acceptors (Lipinski definition) is 5. The molecule has 1 fully saturated rings. The molecule has 0 radical (unpaired) electrons. The van der Waals surface area contributed by atoms with Crippen molar-refractivity contribution in [2.24, 2.45) is 0 Å². The number of likely N-dealkylation sites (N-methyl/N-ethyl adjacent to an activating group) is 1. The number of piperazine rings is 1. The van der Waals surface area contributed by atoms with E-state index in [9.17, 15) is 17.6 Å². The maximum atomic E-state index is 15.1. The van der Waals surface area contributed by atoms with Gasteiger partial charge in [-0.3, -0.25) is 9.52 Å². The molecule has 0 bridgehead atoms. The first-order chi connectivity index (χ1) is 14.7. The third kappa shape index (κ3) is 4.13. The van der Waals surface area contributed by atoms with Crippen molar-refractivity contribution in [3.8, 4) is 0 Å². The zero-order valence-corrected chi connectivity index (χ0v) is 17.9. The number of ketones is 1. The number of carbonyl (C=O) groups excluding carboxylic acids is 1. The molecule has 3 aromatic rings. The largest absolute Gasteiger partial charge is 0.345 e. The van der Waals surface area contributed by atoms with Crippen LogP contribution in [0.4, 0.5) is 14.5 Å². The fourth-order valence-electron chi connectivity index (χ4n) is 3.37. The molecule has 0 unspecified atom stereocenters. The van der Waals surface area contributed by atoms with E-state index in [1.165, 1.54) is 22.8 Å². The Hall–Kier alpha value is -2.60. The topological polar surface area (TPSA) is 98.4 Å². The molecule has 12 heteroatoms. The number of aromatic amines is 1. The number of rotatable bonds is 5. The van der Waals surface area contributed by atoms with E-state index in [0.717, 1.165) is 12.1 Å². The Labute approximate surface area is 182 Å². The van der Waals surface area contributed by atoms with Gasteiger partial charge in [0.15, 0.2) is 5.82 Å². The Morgan fingerprint density at radius 2 is 1.94 bits per heavy atom. The number of nitrogens with zero attached hydrogens (tertiary/aromatic N) is 3. The molecule has 1 aromatic carbocycles. The summed E-state index contributed by atoms with van der Waals surface area (Å²) in [5.41, 5.74) is -1.11. The summed E-state index contributed by atoms with van der Waals surface area (Å²) >= 11 is 5.92. The molecular weight excluding hydrogens is 452 g/mol. The van der Waals surface area contributed by atoms with Gasteiger partial charge in [0, 0.05) is 49.5 Å². The first-order valence-electron chi connectivity index (χ1n) is 9.29. The second kappa shape index (κ2) is 8.15. The number of fused-ring (bicyclic) bond motifs is 1. The minimum absolute atomic E-state index is 0.0399. The van der Waals surface area contributed by atoms with E-state index in [1.807, 2.05) is 11.9 Å². The summed E-state index contributed by atoms with van der Waals surface area (Å²) in [6, 6.07) is 3.24. The van der Waals surface area contributed by atoms with Crippen LogP contribution in [0.25, 0.3) is 11.0 Å². The van der Waals surface area contributed by atoms with E-state index in [2.05, 4.69) is 14.7 Å². The van der Waals surface area contributed by atoms with E-state index in [-0.39, 0.29) is 23.7 Å². The van der Waals surface area contributed by atoms with Gasteiger partial charge in [0.1, 0.15) is 11.5 Å². The molecule has 0 amide bonds. The molecule has 4 rings (SSSR count). The number of anilines is 1. The Morgan fingerprint density at radius 3 is 2.65 bits per heavy atom. The van der Waals surface area contributed by atoms with E-state index in [4.69, 9.17) is 11.6 Å². The molecule has 2 aromatic heterocycles. The Kier molecular flexibility index (Phi) is 5.69. The van der Waals surface area contributed by atoms with Gasteiger partial charge in [-0.2, -0.15) is 12.7 Å². The van der Waals surface area contributed by atoms with Gasteiger partial charge in [-0.15, -0.1) is 0 Å². The highest BCUT2D eigenvalue weighted by Crippen LogP contribution is 2.28. The lowest BCUT2D eigenvalue weighted by atomic mass is 10.0. The molecule has 0 atom stereocenters. The SMILES string of the molecule is CN1CCN(S(=O)(=O)Nc2ccc(F)c(C(=O)c3c[nH]c4ncc(Cl)cc34)c2F)CC1. The average Bonchev–Trinajstić information content (AvgIpc) is 3.13. The highest BCUT2D eigenvalue weighted by Gasteiger charge is 2.29. The third-order valence-corrected chi connectivity index (χ3v) is 6.83. The molecule has 2 N–H and O–H groups in total. The monoisotopic (exact) mass is 469 g/mol. The number of H-pyrrole nitrogens is 1. The quantitative estimate of drug-likeness (QED) is 0.560. The van der Waals surface area contributed by atoms with Gasteiger partial charge in [-0.05, 0) is 25.2 Å². The van der Waals surface area contributed by atoms with Crippen LogP contribution >= 0.6 is 11.6 Å². The van der Waals surface area contributed by atoms with Crippen LogP contribution in [0.15, 0.2) is 30.6 Å². The summed E-state index contributed by atoms with van der Waals surface area (Å²) in [5, 5.41) is 0.538. The smallest absolute Gasteiger partial charge is 0.301 e. The number of nitrogens with one attached hydrogen (secondary N) is 2. The number of benzene rings is 1. The predicted molar refractivity (Wildman–Crippen MR) is 113 cm³/mol. The fraction of sp³-hybridized carbons (Fsp3) is 0.263. The first kappa shape index (κ1) is 21.6. The number of aromatic nitrogens is 2. The maximum Gasteiger partial charge on any atom is 0.301 e. The average molecular weight is 470 g/mol. The number of carbonyl (C=O) groups is 1. The van der Waals surface area contributed by atoms with E-state index in [0.29, 0.717) is 24.1 Å². The van der Waals surface area contributed by atoms with Crippen LogP contribution in [0.1, 0.15) is 15.9 Å². The Morgan fingerprint density at radius 1 is 1.23 bits per heavy atom. The van der Waals surface area contributed by atoms with Crippen LogP contribution in [-0.2, 0) is 10.2 Å². The molecular formula is C19H18ClF2N5O3S. The molecule has 1 aliphatic rings. The summed E-state index contributed by atoms with van der Waals surface area (Å²) in [7, 11) is -2.22. The van der Waals surface area contributed by atoms with Crippen molar-refractivity contribution < 1.29 is 22.0 Å². The molecule has 31 heavy (non-hydrogen) atoms. The van der Waals surface area contributed by atoms with Gasteiger partial charge in [0.2, 0.25) is 5.78 Å². The summed E-state index contributed by atoms with van der Waals surface area (Å²) in [6.07, 6.45) is 2.64. The van der Waals surface area contributed by atoms with Gasteiger partial charge in [-0.25, -0.2) is 13.8 Å². The number of hydrogen-bond donors (Lipinski definition) is 2. The van der Waals surface area contributed by atoms with Crippen LogP contribution in [0.5, 0.6) is 0 Å². The summed E-state index contributed by atoms with van der Waals surface area (Å²) < 4.78 is 58.2. The van der Waals surface area contributed by atoms with Crippen molar-refractivity contribution in [3.05, 3.63) is 58.4 Å². The zero-order chi connectivity index (χ0) is 22.3. The molecule has 164 valence electrons. The van der Waals surface area contributed by atoms with Crippen molar-refractivity contribution in [1.29, 1.82) is 0 Å². The van der Waals surface area contributed by atoms with Crippen molar-refractivity contribution in [2.45, 2.75) is 0 Å². The van der Waals surface area contributed by atoms with Crippen LogP contribution in [0, 0.1) is 11.6 Å². The van der Waals surface area contributed by atoms with Crippen molar-refractivity contribution in [2.75, 3.05) is 37.9 Å². The minimum atomic E-state index is -4.08. The Bertz CT molecular complexity index is 1270. The maximum absolute atomic E-state index is 15.1.